The van der Waals surface area contributed by atoms with Crippen LogP contribution in [0, 0.1) is 0 Å². The van der Waals surface area contributed by atoms with Crippen molar-refractivity contribution in [2.75, 3.05) is 6.54 Å². The highest BCUT2D eigenvalue weighted by Gasteiger charge is 2.15. The van der Waals surface area contributed by atoms with E-state index in [0.717, 1.165) is 23.4 Å². The number of rotatable bonds is 2. The molecular formula is C14H13Cl2N3O. The zero-order valence-corrected chi connectivity index (χ0v) is 12.2. The summed E-state index contributed by atoms with van der Waals surface area (Å²) < 4.78 is 1.59. The predicted molar refractivity (Wildman–Crippen MR) is 79.5 cm³/mol. The highest BCUT2D eigenvalue weighted by Crippen LogP contribution is 2.21. The van der Waals surface area contributed by atoms with Crippen LogP contribution in [0.15, 0.2) is 29.3 Å². The summed E-state index contributed by atoms with van der Waals surface area (Å²) >= 11 is 12.1. The van der Waals surface area contributed by atoms with Crippen molar-refractivity contribution in [1.82, 2.24) is 14.9 Å². The molecule has 0 saturated carbocycles. The van der Waals surface area contributed by atoms with Crippen molar-refractivity contribution in [2.24, 2.45) is 0 Å². The van der Waals surface area contributed by atoms with Crippen LogP contribution in [0.4, 0.5) is 0 Å². The zero-order chi connectivity index (χ0) is 14.1. The fourth-order valence-electron chi connectivity index (χ4n) is 2.35. The van der Waals surface area contributed by atoms with Gasteiger partial charge in [-0.3, -0.25) is 9.36 Å². The van der Waals surface area contributed by atoms with Crippen molar-refractivity contribution in [3.05, 3.63) is 61.7 Å². The molecule has 0 aliphatic carbocycles. The lowest BCUT2D eigenvalue weighted by Gasteiger charge is -2.17. The molecule has 20 heavy (non-hydrogen) atoms. The Balaban J connectivity index is 1.99. The van der Waals surface area contributed by atoms with Crippen LogP contribution < -0.4 is 10.9 Å². The van der Waals surface area contributed by atoms with Crippen molar-refractivity contribution >= 4 is 23.2 Å². The van der Waals surface area contributed by atoms with Crippen LogP contribution in [-0.4, -0.2) is 16.1 Å². The molecule has 0 unspecified atom stereocenters. The summed E-state index contributed by atoms with van der Waals surface area (Å²) in [6.45, 7) is 1.85. The van der Waals surface area contributed by atoms with E-state index >= 15 is 0 Å². The Hall–Kier alpha value is -1.36. The van der Waals surface area contributed by atoms with Gasteiger partial charge in [0.15, 0.2) is 0 Å². The van der Waals surface area contributed by atoms with Crippen molar-refractivity contribution in [1.29, 1.82) is 0 Å². The van der Waals surface area contributed by atoms with E-state index < -0.39 is 0 Å². The number of benzene rings is 1. The van der Waals surface area contributed by atoms with Crippen LogP contribution in [0.1, 0.15) is 16.8 Å². The van der Waals surface area contributed by atoms with Crippen LogP contribution in [0.3, 0.4) is 0 Å². The normalized spacial score (nSPS) is 14.1. The van der Waals surface area contributed by atoms with Gasteiger partial charge in [0.05, 0.1) is 18.6 Å². The Bertz CT molecular complexity index is 712. The van der Waals surface area contributed by atoms with Crippen molar-refractivity contribution in [3.63, 3.8) is 0 Å². The molecule has 1 aromatic carbocycles. The Morgan fingerprint density at radius 1 is 1.35 bits per heavy atom. The Morgan fingerprint density at radius 2 is 2.20 bits per heavy atom. The van der Waals surface area contributed by atoms with Crippen LogP contribution in [0.25, 0.3) is 0 Å². The predicted octanol–water partition coefficient (Wildman–Crippen LogP) is 2.24. The van der Waals surface area contributed by atoms with E-state index in [2.05, 4.69) is 10.3 Å². The van der Waals surface area contributed by atoms with Gasteiger partial charge in [0, 0.05) is 22.2 Å². The fourth-order valence-corrected chi connectivity index (χ4v) is 2.72. The largest absolute Gasteiger partial charge is 0.311 e. The van der Waals surface area contributed by atoms with E-state index in [9.17, 15) is 4.79 Å². The first kappa shape index (κ1) is 13.6. The number of fused-ring (bicyclic) bond motifs is 1. The van der Waals surface area contributed by atoms with Crippen molar-refractivity contribution in [2.45, 2.75) is 19.5 Å². The maximum absolute atomic E-state index is 12.4. The van der Waals surface area contributed by atoms with E-state index in [0.29, 0.717) is 29.6 Å². The third kappa shape index (κ3) is 2.59. The summed E-state index contributed by atoms with van der Waals surface area (Å²) in [5, 5.41) is 4.41. The van der Waals surface area contributed by atoms with Gasteiger partial charge in [-0.25, -0.2) is 4.98 Å². The average molecular weight is 310 g/mol. The highest BCUT2D eigenvalue weighted by atomic mass is 35.5. The van der Waals surface area contributed by atoms with Crippen molar-refractivity contribution < 1.29 is 0 Å². The quantitative estimate of drug-likeness (QED) is 0.925. The van der Waals surface area contributed by atoms with Crippen LogP contribution in [-0.2, 0) is 19.5 Å². The third-order valence-electron chi connectivity index (χ3n) is 3.41. The number of hydrogen-bond acceptors (Lipinski definition) is 3. The Labute approximate surface area is 126 Å². The van der Waals surface area contributed by atoms with Gasteiger partial charge in [-0.2, -0.15) is 0 Å². The molecule has 0 radical (unpaired) electrons. The summed E-state index contributed by atoms with van der Waals surface area (Å²) in [7, 11) is 0. The van der Waals surface area contributed by atoms with Crippen LogP contribution in [0.5, 0.6) is 0 Å². The lowest BCUT2D eigenvalue weighted by Crippen LogP contribution is -2.34. The minimum atomic E-state index is 0.00698. The molecule has 1 aliphatic rings. The Morgan fingerprint density at radius 3 is 3.05 bits per heavy atom. The molecule has 2 aromatic rings. The molecule has 1 aromatic heterocycles. The van der Waals surface area contributed by atoms with Gasteiger partial charge in [0.2, 0.25) is 0 Å². The first-order chi connectivity index (χ1) is 9.65. The third-order valence-corrected chi connectivity index (χ3v) is 4.02. The molecule has 3 rings (SSSR count). The number of aromatic nitrogens is 2. The molecule has 1 aliphatic heterocycles. The maximum atomic E-state index is 12.4. The van der Waals surface area contributed by atoms with Crippen LogP contribution in [0.2, 0.25) is 10.0 Å². The summed E-state index contributed by atoms with van der Waals surface area (Å²) in [6, 6.07) is 5.24. The summed E-state index contributed by atoms with van der Waals surface area (Å²) in [5.74, 6) is 0. The van der Waals surface area contributed by atoms with Gasteiger partial charge in [-0.15, -0.1) is 0 Å². The summed E-state index contributed by atoms with van der Waals surface area (Å²) in [6.07, 6.45) is 2.29. The minimum Gasteiger partial charge on any atom is -0.311 e. The van der Waals surface area contributed by atoms with Gasteiger partial charge >= 0.3 is 0 Å². The molecule has 104 valence electrons. The Kier molecular flexibility index (Phi) is 3.78. The van der Waals surface area contributed by atoms with Crippen LogP contribution >= 0.6 is 23.2 Å². The summed E-state index contributed by atoms with van der Waals surface area (Å²) in [4.78, 5) is 16.8. The van der Waals surface area contributed by atoms with Gasteiger partial charge in [0.1, 0.15) is 0 Å². The fraction of sp³-hybridized carbons (Fsp3) is 0.286. The van der Waals surface area contributed by atoms with Gasteiger partial charge < -0.3 is 5.32 Å². The van der Waals surface area contributed by atoms with E-state index in [1.165, 1.54) is 0 Å². The van der Waals surface area contributed by atoms with E-state index in [-0.39, 0.29) is 5.56 Å². The van der Waals surface area contributed by atoms with Gasteiger partial charge in [0.25, 0.3) is 5.56 Å². The zero-order valence-electron chi connectivity index (χ0n) is 10.7. The molecule has 0 bridgehead atoms. The van der Waals surface area contributed by atoms with Crippen molar-refractivity contribution in [3.8, 4) is 0 Å². The molecule has 2 heterocycles. The monoisotopic (exact) mass is 309 g/mol. The highest BCUT2D eigenvalue weighted by molar-refractivity contribution is 6.33. The molecule has 0 atom stereocenters. The lowest BCUT2D eigenvalue weighted by atomic mass is 10.1. The molecule has 6 heteroatoms. The molecule has 0 saturated heterocycles. The maximum Gasteiger partial charge on any atom is 0.257 e. The molecule has 0 fully saturated rings. The standard InChI is InChI=1S/C14H13Cl2N3O/c15-10-1-2-12(16)9(5-10)7-19-8-18-13-6-17-4-3-11(13)14(19)20/h1-2,5,8,17H,3-4,6-7H2. The van der Waals surface area contributed by atoms with E-state index in [1.807, 2.05) is 0 Å². The topological polar surface area (TPSA) is 46.9 Å². The molecular weight excluding hydrogens is 297 g/mol. The first-order valence-electron chi connectivity index (χ1n) is 6.37. The second kappa shape index (κ2) is 5.56. The number of hydrogen-bond donors (Lipinski definition) is 1. The van der Waals surface area contributed by atoms with Gasteiger partial charge in [-0.05, 0) is 36.7 Å². The number of halogens is 2. The van der Waals surface area contributed by atoms with Gasteiger partial charge in [-0.1, -0.05) is 23.2 Å². The summed E-state index contributed by atoms with van der Waals surface area (Å²) in [5.41, 5.74) is 2.46. The average Bonchev–Trinajstić information content (AvgIpc) is 2.46. The second-order valence-corrected chi connectivity index (χ2v) is 5.61. The number of nitrogens with one attached hydrogen (secondary N) is 1. The molecule has 0 spiro atoms. The first-order valence-corrected chi connectivity index (χ1v) is 7.12. The molecule has 1 N–H and O–H groups in total. The molecule has 0 amide bonds. The smallest absolute Gasteiger partial charge is 0.257 e. The molecule has 4 nitrogen and oxygen atoms in total. The van der Waals surface area contributed by atoms with E-state index in [1.54, 1.807) is 29.1 Å². The minimum absolute atomic E-state index is 0.00698. The number of nitrogens with zero attached hydrogens (tertiary/aromatic N) is 2. The second-order valence-electron chi connectivity index (χ2n) is 4.77. The lowest BCUT2D eigenvalue weighted by molar-refractivity contribution is 0.596. The SMILES string of the molecule is O=c1c2c(ncn1Cc1cc(Cl)ccc1Cl)CNCC2. The van der Waals surface area contributed by atoms with E-state index in [4.69, 9.17) is 23.2 Å².